The smallest absolute Gasteiger partial charge is 0.335 e. The van der Waals surface area contributed by atoms with E-state index in [4.69, 9.17) is 18.9 Å². The Labute approximate surface area is 246 Å². The van der Waals surface area contributed by atoms with Crippen LogP contribution in [-0.4, -0.2) is 31.2 Å². The summed E-state index contributed by atoms with van der Waals surface area (Å²) in [5, 5.41) is 2.25. The molecular formula is C28H22BrIN2O7. The van der Waals surface area contributed by atoms with Gasteiger partial charge in [-0.2, -0.15) is 0 Å². The van der Waals surface area contributed by atoms with Gasteiger partial charge in [0.2, 0.25) is 6.79 Å². The van der Waals surface area contributed by atoms with E-state index in [0.29, 0.717) is 44.4 Å². The Morgan fingerprint density at radius 1 is 1.05 bits per heavy atom. The van der Waals surface area contributed by atoms with Gasteiger partial charge in [-0.1, -0.05) is 22.0 Å². The lowest BCUT2D eigenvalue weighted by Gasteiger charge is -2.26. The highest BCUT2D eigenvalue weighted by Gasteiger charge is 2.37. The first-order valence-electron chi connectivity index (χ1n) is 11.9. The fraction of sp³-hybridized carbons (Fsp3) is 0.179. The number of hydrogen-bond donors (Lipinski definition) is 1. The van der Waals surface area contributed by atoms with Gasteiger partial charge >= 0.3 is 6.03 Å². The van der Waals surface area contributed by atoms with E-state index in [1.165, 1.54) is 6.08 Å². The third-order valence-corrected chi connectivity index (χ3v) is 7.66. The van der Waals surface area contributed by atoms with Gasteiger partial charge in [-0.05, 0) is 102 Å². The molecule has 2 aliphatic heterocycles. The molecule has 1 N–H and O–H groups in total. The van der Waals surface area contributed by atoms with E-state index in [9.17, 15) is 14.4 Å². The molecule has 200 valence electrons. The molecule has 0 radical (unpaired) electrons. The molecule has 0 aliphatic carbocycles. The molecule has 0 aromatic heterocycles. The lowest BCUT2D eigenvalue weighted by Crippen LogP contribution is -2.54. The monoisotopic (exact) mass is 704 g/mol. The summed E-state index contributed by atoms with van der Waals surface area (Å²) in [6.45, 7) is 4.52. The molecule has 2 heterocycles. The molecule has 0 saturated carbocycles. The zero-order chi connectivity index (χ0) is 27.7. The topological polar surface area (TPSA) is 103 Å². The number of benzene rings is 3. The van der Waals surface area contributed by atoms with Crippen LogP contribution in [0.3, 0.4) is 0 Å². The second-order valence-electron chi connectivity index (χ2n) is 8.63. The summed E-state index contributed by atoms with van der Waals surface area (Å²) in [5.41, 5.74) is 2.44. The standard InChI is InChI=1S/C28H22BrIN2O7/c1-3-36-24-12-17(10-21(30)25(24)37-13-16-4-7-22-23(11-16)39-14-38-22)9-19-26(33)31-28(35)32(27(19)34)18-5-6-20(29)15(2)8-18/h4-12H,3,13-14H2,1-2H3,(H,31,33,35)/b19-9+. The van der Waals surface area contributed by atoms with E-state index in [0.717, 1.165) is 20.5 Å². The van der Waals surface area contributed by atoms with Crippen molar-refractivity contribution >= 4 is 68.1 Å². The zero-order valence-corrected chi connectivity index (χ0v) is 24.6. The average molecular weight is 705 g/mol. The van der Waals surface area contributed by atoms with Crippen molar-refractivity contribution in [2.75, 3.05) is 18.3 Å². The molecule has 0 spiro atoms. The van der Waals surface area contributed by atoms with Crippen LogP contribution in [0.4, 0.5) is 10.5 Å². The molecule has 0 bridgehead atoms. The van der Waals surface area contributed by atoms with Crippen LogP contribution in [0.1, 0.15) is 23.6 Å². The first-order valence-corrected chi connectivity index (χ1v) is 13.8. The van der Waals surface area contributed by atoms with Crippen molar-refractivity contribution in [2.45, 2.75) is 20.5 Å². The van der Waals surface area contributed by atoms with E-state index in [2.05, 4.69) is 43.8 Å². The highest BCUT2D eigenvalue weighted by Crippen LogP contribution is 2.37. The normalized spacial score (nSPS) is 15.5. The number of imide groups is 2. The Bertz CT molecular complexity index is 1540. The average Bonchev–Trinajstić information content (AvgIpc) is 3.36. The third kappa shape index (κ3) is 5.59. The highest BCUT2D eigenvalue weighted by molar-refractivity contribution is 14.1. The second-order valence-corrected chi connectivity index (χ2v) is 10.6. The number of anilines is 1. The van der Waals surface area contributed by atoms with Gasteiger partial charge < -0.3 is 18.9 Å². The summed E-state index contributed by atoms with van der Waals surface area (Å²) in [6, 6.07) is 13.3. The lowest BCUT2D eigenvalue weighted by molar-refractivity contribution is -0.122. The Hall–Kier alpha value is -3.58. The van der Waals surface area contributed by atoms with E-state index in [1.54, 1.807) is 30.3 Å². The zero-order valence-electron chi connectivity index (χ0n) is 20.9. The van der Waals surface area contributed by atoms with Crippen molar-refractivity contribution in [3.8, 4) is 23.0 Å². The fourth-order valence-electron chi connectivity index (χ4n) is 4.09. The maximum Gasteiger partial charge on any atom is 0.335 e. The van der Waals surface area contributed by atoms with E-state index < -0.39 is 17.8 Å². The van der Waals surface area contributed by atoms with Crippen molar-refractivity contribution in [3.63, 3.8) is 0 Å². The summed E-state index contributed by atoms with van der Waals surface area (Å²) >= 11 is 5.53. The number of hydrogen-bond acceptors (Lipinski definition) is 7. The first kappa shape index (κ1) is 27.0. The summed E-state index contributed by atoms with van der Waals surface area (Å²) in [4.78, 5) is 39.6. The maximum atomic E-state index is 13.3. The summed E-state index contributed by atoms with van der Waals surface area (Å²) in [6.07, 6.45) is 1.44. The van der Waals surface area contributed by atoms with Gasteiger partial charge in [-0.3, -0.25) is 14.9 Å². The minimum absolute atomic E-state index is 0.178. The highest BCUT2D eigenvalue weighted by atomic mass is 127. The molecule has 1 fully saturated rings. The molecule has 11 heteroatoms. The van der Waals surface area contributed by atoms with Crippen LogP contribution in [-0.2, 0) is 16.2 Å². The van der Waals surface area contributed by atoms with Crippen LogP contribution in [0.5, 0.6) is 23.0 Å². The Balaban J connectivity index is 1.43. The van der Waals surface area contributed by atoms with Crippen molar-refractivity contribution in [1.82, 2.24) is 5.32 Å². The summed E-state index contributed by atoms with van der Waals surface area (Å²) < 4.78 is 24.3. The molecule has 1 saturated heterocycles. The van der Waals surface area contributed by atoms with Crippen LogP contribution in [0, 0.1) is 10.5 Å². The molecule has 5 rings (SSSR count). The number of urea groups is 1. The molecular weight excluding hydrogens is 683 g/mol. The Morgan fingerprint density at radius 2 is 1.85 bits per heavy atom. The molecule has 4 amide bonds. The van der Waals surface area contributed by atoms with Crippen LogP contribution in [0.15, 0.2) is 58.6 Å². The van der Waals surface area contributed by atoms with E-state index >= 15 is 0 Å². The van der Waals surface area contributed by atoms with Crippen molar-refractivity contribution < 1.29 is 33.3 Å². The van der Waals surface area contributed by atoms with Crippen molar-refractivity contribution in [2.24, 2.45) is 0 Å². The number of ether oxygens (including phenoxy) is 4. The van der Waals surface area contributed by atoms with Gasteiger partial charge in [0.05, 0.1) is 15.9 Å². The lowest BCUT2D eigenvalue weighted by atomic mass is 10.1. The van der Waals surface area contributed by atoms with Crippen LogP contribution < -0.4 is 29.2 Å². The predicted octanol–water partition coefficient (Wildman–Crippen LogP) is 5.73. The van der Waals surface area contributed by atoms with Crippen LogP contribution in [0.2, 0.25) is 0 Å². The molecule has 9 nitrogen and oxygen atoms in total. The number of barbiturate groups is 1. The van der Waals surface area contributed by atoms with Gasteiger partial charge in [-0.25, -0.2) is 9.69 Å². The molecule has 2 aliphatic rings. The SMILES string of the molecule is CCOc1cc(/C=C2\C(=O)NC(=O)N(c3ccc(Br)c(C)c3)C2=O)cc(I)c1OCc1ccc2c(c1)OCO2. The quantitative estimate of drug-likeness (QED) is 0.190. The number of nitrogens with one attached hydrogen (secondary N) is 1. The van der Waals surface area contributed by atoms with Gasteiger partial charge in [0.1, 0.15) is 12.2 Å². The van der Waals surface area contributed by atoms with Crippen LogP contribution >= 0.6 is 38.5 Å². The fourth-order valence-corrected chi connectivity index (χ4v) is 5.11. The van der Waals surface area contributed by atoms with Gasteiger partial charge in [0.25, 0.3) is 11.8 Å². The number of aryl methyl sites for hydroxylation is 1. The number of nitrogens with zero attached hydrogens (tertiary/aromatic N) is 1. The van der Waals surface area contributed by atoms with Crippen molar-refractivity contribution in [1.29, 1.82) is 0 Å². The number of rotatable bonds is 7. The van der Waals surface area contributed by atoms with Gasteiger partial charge in [0.15, 0.2) is 23.0 Å². The van der Waals surface area contributed by atoms with Gasteiger partial charge in [0, 0.05) is 4.47 Å². The first-order chi connectivity index (χ1) is 18.7. The minimum atomic E-state index is -0.805. The largest absolute Gasteiger partial charge is 0.490 e. The number of halogens is 2. The van der Waals surface area contributed by atoms with E-state index in [1.807, 2.05) is 32.0 Å². The van der Waals surface area contributed by atoms with E-state index in [-0.39, 0.29) is 19.0 Å². The molecule has 3 aromatic carbocycles. The molecule has 0 atom stereocenters. The second kappa shape index (κ2) is 11.3. The summed E-state index contributed by atoms with van der Waals surface area (Å²) in [7, 11) is 0. The minimum Gasteiger partial charge on any atom is -0.490 e. The van der Waals surface area contributed by atoms with Crippen LogP contribution in [0.25, 0.3) is 6.08 Å². The molecule has 39 heavy (non-hydrogen) atoms. The van der Waals surface area contributed by atoms with Gasteiger partial charge in [-0.15, -0.1) is 0 Å². The molecule has 3 aromatic rings. The Morgan fingerprint density at radius 3 is 2.62 bits per heavy atom. The molecule has 0 unspecified atom stereocenters. The maximum absolute atomic E-state index is 13.3. The summed E-state index contributed by atoms with van der Waals surface area (Å²) in [5.74, 6) is 0.848. The predicted molar refractivity (Wildman–Crippen MR) is 155 cm³/mol. The van der Waals surface area contributed by atoms with Crippen molar-refractivity contribution in [3.05, 3.63) is 78.8 Å². The number of carbonyl (C=O) groups excluding carboxylic acids is 3. The number of fused-ring (bicyclic) bond motifs is 1. The number of carbonyl (C=O) groups is 3. The third-order valence-electron chi connectivity index (χ3n) is 5.96. The number of amides is 4. The Kier molecular flexibility index (Phi) is 7.80.